The van der Waals surface area contributed by atoms with E-state index >= 15 is 0 Å². The maximum absolute atomic E-state index is 5.67. The number of morpholine rings is 1. The summed E-state index contributed by atoms with van der Waals surface area (Å²) in [6.07, 6.45) is 5.56. The highest BCUT2D eigenvalue weighted by Crippen LogP contribution is 2.30. The fourth-order valence-electron chi connectivity index (χ4n) is 4.04. The van der Waals surface area contributed by atoms with E-state index in [4.69, 9.17) is 9.15 Å². The number of rotatable bonds is 5. The van der Waals surface area contributed by atoms with E-state index in [0.29, 0.717) is 23.9 Å². The Balaban J connectivity index is 1.35. The van der Waals surface area contributed by atoms with Crippen LogP contribution in [0.2, 0.25) is 0 Å². The summed E-state index contributed by atoms with van der Waals surface area (Å²) >= 11 is 0. The first kappa shape index (κ1) is 16.8. The Kier molecular flexibility index (Phi) is 5.15. The maximum atomic E-state index is 5.67. The molecule has 2 N–H and O–H groups in total. The second kappa shape index (κ2) is 7.68. The van der Waals surface area contributed by atoms with Gasteiger partial charge < -0.3 is 19.8 Å². The highest BCUT2D eigenvalue weighted by molar-refractivity contribution is 5.53. The van der Waals surface area contributed by atoms with Crippen molar-refractivity contribution in [2.45, 2.75) is 44.8 Å². The zero-order valence-electron chi connectivity index (χ0n) is 14.8. The Morgan fingerprint density at radius 2 is 2.12 bits per heavy atom. The topological polar surface area (TPSA) is 59.3 Å². The van der Waals surface area contributed by atoms with Crippen molar-refractivity contribution in [2.75, 3.05) is 19.8 Å². The molecule has 5 nitrogen and oxygen atoms in total. The molecule has 5 heteroatoms. The zero-order chi connectivity index (χ0) is 17.1. The van der Waals surface area contributed by atoms with Gasteiger partial charge in [0.15, 0.2) is 0 Å². The Morgan fingerprint density at radius 1 is 1.24 bits per heavy atom. The van der Waals surface area contributed by atoms with Crippen LogP contribution in [0.25, 0.3) is 11.5 Å². The molecule has 1 aliphatic heterocycles. The van der Waals surface area contributed by atoms with E-state index in [2.05, 4.69) is 46.8 Å². The minimum absolute atomic E-state index is 0.481. The van der Waals surface area contributed by atoms with Gasteiger partial charge in [-0.2, -0.15) is 0 Å². The van der Waals surface area contributed by atoms with Crippen molar-refractivity contribution in [2.24, 2.45) is 5.92 Å². The third-order valence-corrected chi connectivity index (χ3v) is 5.43. The van der Waals surface area contributed by atoms with Crippen LogP contribution in [0.4, 0.5) is 0 Å². The molecule has 0 radical (unpaired) electrons. The molecule has 2 aliphatic rings. The molecule has 1 aromatic carbocycles. The monoisotopic (exact) mass is 341 g/mol. The highest BCUT2D eigenvalue weighted by Gasteiger charge is 2.34. The molecule has 4 rings (SSSR count). The minimum atomic E-state index is 0.481. The predicted octanol–water partition coefficient (Wildman–Crippen LogP) is 2.90. The Morgan fingerprint density at radius 3 is 2.92 bits per heavy atom. The van der Waals surface area contributed by atoms with Crippen LogP contribution in [0.3, 0.4) is 0 Å². The van der Waals surface area contributed by atoms with Gasteiger partial charge in [-0.3, -0.25) is 0 Å². The van der Waals surface area contributed by atoms with Crippen molar-refractivity contribution >= 4 is 0 Å². The first-order valence-electron chi connectivity index (χ1n) is 9.35. The number of aromatic nitrogens is 1. The van der Waals surface area contributed by atoms with Gasteiger partial charge in [0.05, 0.1) is 18.9 Å². The van der Waals surface area contributed by atoms with Gasteiger partial charge in [0.1, 0.15) is 6.26 Å². The number of hydrogen-bond acceptors (Lipinski definition) is 5. The molecule has 3 atom stereocenters. The van der Waals surface area contributed by atoms with E-state index in [9.17, 15) is 0 Å². The van der Waals surface area contributed by atoms with E-state index in [0.717, 1.165) is 37.6 Å². The zero-order valence-corrected chi connectivity index (χ0v) is 14.8. The van der Waals surface area contributed by atoms with Gasteiger partial charge in [-0.05, 0) is 37.8 Å². The first-order chi connectivity index (χ1) is 12.3. The Labute approximate surface area is 149 Å². The molecule has 0 amide bonds. The molecule has 1 aliphatic carbocycles. The van der Waals surface area contributed by atoms with Crippen LogP contribution >= 0.6 is 0 Å². The second-order valence-corrected chi connectivity index (χ2v) is 7.23. The number of hydrogen-bond donors (Lipinski definition) is 2. The molecule has 2 aromatic rings. The number of nitrogens with one attached hydrogen (secondary N) is 2. The van der Waals surface area contributed by atoms with Gasteiger partial charge in [0.2, 0.25) is 5.89 Å². The lowest BCUT2D eigenvalue weighted by Crippen LogP contribution is -2.50. The summed E-state index contributed by atoms with van der Waals surface area (Å²) in [6, 6.07) is 9.28. The van der Waals surface area contributed by atoms with Crippen molar-refractivity contribution in [3.8, 4) is 11.5 Å². The van der Waals surface area contributed by atoms with Crippen molar-refractivity contribution in [3.63, 3.8) is 0 Å². The van der Waals surface area contributed by atoms with Crippen LogP contribution in [0, 0.1) is 12.8 Å². The third kappa shape index (κ3) is 3.94. The van der Waals surface area contributed by atoms with Gasteiger partial charge >= 0.3 is 0 Å². The second-order valence-electron chi connectivity index (χ2n) is 7.23. The summed E-state index contributed by atoms with van der Waals surface area (Å²) in [5, 5.41) is 7.32. The van der Waals surface area contributed by atoms with Crippen LogP contribution in [-0.4, -0.2) is 36.8 Å². The molecule has 3 unspecified atom stereocenters. The van der Waals surface area contributed by atoms with E-state index in [1.807, 2.05) is 0 Å². The Bertz CT molecular complexity index is 677. The molecule has 134 valence electrons. The molecule has 2 heterocycles. The fraction of sp³-hybridized carbons (Fsp3) is 0.550. The summed E-state index contributed by atoms with van der Waals surface area (Å²) < 4.78 is 11.3. The summed E-state index contributed by atoms with van der Waals surface area (Å²) in [7, 11) is 0. The summed E-state index contributed by atoms with van der Waals surface area (Å²) in [5.74, 6) is 1.34. The van der Waals surface area contributed by atoms with Gasteiger partial charge in [0.25, 0.3) is 0 Å². The average molecular weight is 341 g/mol. The minimum Gasteiger partial charge on any atom is -0.444 e. The van der Waals surface area contributed by atoms with Gasteiger partial charge in [-0.15, -0.1) is 0 Å². The van der Waals surface area contributed by atoms with Crippen molar-refractivity contribution < 1.29 is 9.15 Å². The lowest BCUT2D eigenvalue weighted by atomic mass is 9.94. The molecule has 0 spiro atoms. The molecule has 0 bridgehead atoms. The number of benzene rings is 1. The summed E-state index contributed by atoms with van der Waals surface area (Å²) in [5.41, 5.74) is 3.23. The number of oxazole rings is 1. The SMILES string of the molecule is Cc1ccc(-c2nc(CNC3CCCC3C3COCCN3)co2)cc1. The standard InChI is InChI=1S/C20H27N3O2/c1-14-5-7-15(8-6-14)20-23-16(12-25-20)11-22-18-4-2-3-17(18)19-13-24-10-9-21-19/h5-8,12,17-19,21-22H,2-4,9-11,13H2,1H3. The van der Waals surface area contributed by atoms with Crippen LogP contribution in [0.15, 0.2) is 34.9 Å². The van der Waals surface area contributed by atoms with Crippen LogP contribution in [0.1, 0.15) is 30.5 Å². The van der Waals surface area contributed by atoms with E-state index < -0.39 is 0 Å². The highest BCUT2D eigenvalue weighted by atomic mass is 16.5. The van der Waals surface area contributed by atoms with Crippen LogP contribution in [-0.2, 0) is 11.3 Å². The Hall–Kier alpha value is -1.69. The number of aryl methyl sites for hydroxylation is 1. The maximum Gasteiger partial charge on any atom is 0.226 e. The predicted molar refractivity (Wildman–Crippen MR) is 97.3 cm³/mol. The van der Waals surface area contributed by atoms with Gasteiger partial charge in [-0.25, -0.2) is 4.98 Å². The van der Waals surface area contributed by atoms with Crippen molar-refractivity contribution in [1.82, 2.24) is 15.6 Å². The summed E-state index contributed by atoms with van der Waals surface area (Å²) in [4.78, 5) is 4.64. The fourth-order valence-corrected chi connectivity index (χ4v) is 4.04. The first-order valence-corrected chi connectivity index (χ1v) is 9.35. The molecule has 25 heavy (non-hydrogen) atoms. The molecular weight excluding hydrogens is 314 g/mol. The molecule has 1 saturated heterocycles. The van der Waals surface area contributed by atoms with Gasteiger partial charge in [0, 0.05) is 30.7 Å². The molecule has 1 saturated carbocycles. The van der Waals surface area contributed by atoms with E-state index in [1.54, 1.807) is 6.26 Å². The normalized spacial score (nSPS) is 26.8. The van der Waals surface area contributed by atoms with Crippen molar-refractivity contribution in [3.05, 3.63) is 41.8 Å². The molecular formula is C20H27N3O2. The average Bonchev–Trinajstić information content (AvgIpc) is 3.31. The largest absolute Gasteiger partial charge is 0.444 e. The number of ether oxygens (including phenoxy) is 1. The van der Waals surface area contributed by atoms with Crippen LogP contribution < -0.4 is 10.6 Å². The lowest BCUT2D eigenvalue weighted by molar-refractivity contribution is 0.0524. The van der Waals surface area contributed by atoms with Gasteiger partial charge in [-0.1, -0.05) is 24.1 Å². The molecule has 2 fully saturated rings. The quantitative estimate of drug-likeness (QED) is 0.876. The smallest absolute Gasteiger partial charge is 0.226 e. The molecule has 1 aromatic heterocycles. The van der Waals surface area contributed by atoms with Crippen LogP contribution in [0.5, 0.6) is 0 Å². The van der Waals surface area contributed by atoms with E-state index in [-0.39, 0.29) is 0 Å². The van der Waals surface area contributed by atoms with Crippen molar-refractivity contribution in [1.29, 1.82) is 0 Å². The number of nitrogens with zero attached hydrogens (tertiary/aromatic N) is 1. The summed E-state index contributed by atoms with van der Waals surface area (Å²) in [6.45, 7) is 5.48. The van der Waals surface area contributed by atoms with E-state index in [1.165, 1.54) is 24.8 Å². The third-order valence-electron chi connectivity index (χ3n) is 5.43. The lowest BCUT2D eigenvalue weighted by Gasteiger charge is -2.32.